The van der Waals surface area contributed by atoms with Gasteiger partial charge in [-0.2, -0.15) is 11.3 Å². The molecule has 0 aliphatic rings. The number of carbonyl (C=O) groups is 1. The Morgan fingerprint density at radius 1 is 1.41 bits per heavy atom. The molecule has 0 saturated carbocycles. The van der Waals surface area contributed by atoms with Crippen molar-refractivity contribution in [3.63, 3.8) is 0 Å². The summed E-state index contributed by atoms with van der Waals surface area (Å²) in [7, 11) is 1.26. The molecule has 0 radical (unpaired) electrons. The van der Waals surface area contributed by atoms with E-state index in [1.165, 1.54) is 30.6 Å². The first kappa shape index (κ1) is 16.3. The number of benzene rings is 1. The number of rotatable bonds is 5. The summed E-state index contributed by atoms with van der Waals surface area (Å²) < 4.78 is 31.7. The standard InChI is InChI=1S/C16H15F2NO2S/c1-21-16(20)15(19)5-4-12(10-6-7-22-9-10)13-3-2-11(17)8-14(13)18/h2-4,6-9,15H,5,19H2,1H3. The minimum atomic E-state index is -0.831. The molecule has 0 aliphatic carbocycles. The monoisotopic (exact) mass is 323 g/mol. The van der Waals surface area contributed by atoms with Gasteiger partial charge in [-0.1, -0.05) is 6.08 Å². The first-order valence-electron chi connectivity index (χ1n) is 6.54. The quantitative estimate of drug-likeness (QED) is 0.859. The molecular weight excluding hydrogens is 308 g/mol. The third-order valence-electron chi connectivity index (χ3n) is 3.13. The van der Waals surface area contributed by atoms with Crippen LogP contribution in [0.4, 0.5) is 8.78 Å². The number of methoxy groups -OCH3 is 1. The molecule has 2 rings (SSSR count). The Morgan fingerprint density at radius 3 is 2.77 bits per heavy atom. The molecule has 0 saturated heterocycles. The Morgan fingerprint density at radius 2 is 2.18 bits per heavy atom. The lowest BCUT2D eigenvalue weighted by molar-refractivity contribution is -0.142. The Hall–Kier alpha value is -2.05. The molecule has 0 bridgehead atoms. The smallest absolute Gasteiger partial charge is 0.322 e. The minimum absolute atomic E-state index is 0.189. The number of hydrogen-bond donors (Lipinski definition) is 1. The average Bonchev–Trinajstić information content (AvgIpc) is 3.02. The second kappa shape index (κ2) is 7.29. The Labute approximate surface area is 131 Å². The van der Waals surface area contributed by atoms with Crippen molar-refractivity contribution in [2.45, 2.75) is 12.5 Å². The molecule has 1 atom stereocenters. The maximum Gasteiger partial charge on any atom is 0.322 e. The fourth-order valence-electron chi connectivity index (χ4n) is 2.00. The number of esters is 1. The molecular formula is C16H15F2NO2S. The van der Waals surface area contributed by atoms with Crippen molar-refractivity contribution in [1.29, 1.82) is 0 Å². The van der Waals surface area contributed by atoms with E-state index in [1.807, 2.05) is 16.8 Å². The zero-order valence-corrected chi connectivity index (χ0v) is 12.7. The molecule has 1 unspecified atom stereocenters. The molecule has 0 fully saturated rings. The van der Waals surface area contributed by atoms with Crippen LogP contribution in [0.2, 0.25) is 0 Å². The molecule has 1 heterocycles. The highest BCUT2D eigenvalue weighted by Crippen LogP contribution is 2.28. The van der Waals surface area contributed by atoms with Gasteiger partial charge in [0.15, 0.2) is 0 Å². The van der Waals surface area contributed by atoms with Crippen LogP contribution in [0.5, 0.6) is 0 Å². The summed E-state index contributed by atoms with van der Waals surface area (Å²) in [6.45, 7) is 0. The number of nitrogens with two attached hydrogens (primary N) is 1. The molecule has 1 aromatic heterocycles. The predicted molar refractivity (Wildman–Crippen MR) is 82.4 cm³/mol. The number of halogens is 2. The number of hydrogen-bond acceptors (Lipinski definition) is 4. The highest BCUT2D eigenvalue weighted by Gasteiger charge is 2.15. The summed E-state index contributed by atoms with van der Waals surface area (Å²) in [5, 5.41) is 3.70. The van der Waals surface area contributed by atoms with E-state index in [1.54, 1.807) is 6.08 Å². The van der Waals surface area contributed by atoms with E-state index >= 15 is 0 Å². The van der Waals surface area contributed by atoms with E-state index < -0.39 is 23.6 Å². The van der Waals surface area contributed by atoms with E-state index in [-0.39, 0.29) is 12.0 Å². The van der Waals surface area contributed by atoms with Crippen LogP contribution in [0.25, 0.3) is 5.57 Å². The lowest BCUT2D eigenvalue weighted by atomic mass is 9.97. The van der Waals surface area contributed by atoms with Gasteiger partial charge in [0, 0.05) is 11.6 Å². The van der Waals surface area contributed by atoms with Gasteiger partial charge in [-0.05, 0) is 46.5 Å². The van der Waals surface area contributed by atoms with Crippen molar-refractivity contribution in [2.75, 3.05) is 7.11 Å². The van der Waals surface area contributed by atoms with Gasteiger partial charge in [0.1, 0.15) is 17.7 Å². The lowest BCUT2D eigenvalue weighted by Crippen LogP contribution is -2.30. The van der Waals surface area contributed by atoms with Crippen molar-refractivity contribution in [2.24, 2.45) is 5.73 Å². The second-order valence-electron chi connectivity index (χ2n) is 4.62. The van der Waals surface area contributed by atoms with Gasteiger partial charge in [0.05, 0.1) is 7.11 Å². The third kappa shape index (κ3) is 3.78. The first-order chi connectivity index (χ1) is 10.5. The molecule has 116 valence electrons. The van der Waals surface area contributed by atoms with Crippen molar-refractivity contribution >= 4 is 22.9 Å². The van der Waals surface area contributed by atoms with Crippen LogP contribution in [0.3, 0.4) is 0 Å². The zero-order chi connectivity index (χ0) is 16.1. The summed E-state index contributed by atoms with van der Waals surface area (Å²) in [5.74, 6) is -1.85. The van der Waals surface area contributed by atoms with Crippen LogP contribution in [0, 0.1) is 11.6 Å². The normalized spacial score (nSPS) is 13.0. The topological polar surface area (TPSA) is 52.3 Å². The summed E-state index contributed by atoms with van der Waals surface area (Å²) in [5.41, 5.74) is 7.31. The lowest BCUT2D eigenvalue weighted by Gasteiger charge is -2.10. The number of ether oxygens (including phenoxy) is 1. The fourth-order valence-corrected chi connectivity index (χ4v) is 2.66. The van der Waals surface area contributed by atoms with Crippen molar-refractivity contribution in [3.8, 4) is 0 Å². The van der Waals surface area contributed by atoms with E-state index in [2.05, 4.69) is 4.74 Å². The van der Waals surface area contributed by atoms with Crippen LogP contribution in [0.15, 0.2) is 41.1 Å². The largest absolute Gasteiger partial charge is 0.468 e. The van der Waals surface area contributed by atoms with Gasteiger partial charge in [-0.3, -0.25) is 4.79 Å². The molecule has 6 heteroatoms. The molecule has 22 heavy (non-hydrogen) atoms. The van der Waals surface area contributed by atoms with Crippen molar-refractivity contribution < 1.29 is 18.3 Å². The van der Waals surface area contributed by atoms with Gasteiger partial charge in [-0.15, -0.1) is 0 Å². The molecule has 3 nitrogen and oxygen atoms in total. The number of thiophene rings is 1. The van der Waals surface area contributed by atoms with E-state index in [0.29, 0.717) is 5.57 Å². The summed E-state index contributed by atoms with van der Waals surface area (Å²) in [6.07, 6.45) is 1.86. The Bertz CT molecular complexity index is 683. The zero-order valence-electron chi connectivity index (χ0n) is 11.9. The first-order valence-corrected chi connectivity index (χ1v) is 7.48. The maximum atomic E-state index is 14.0. The highest BCUT2D eigenvalue weighted by molar-refractivity contribution is 7.08. The number of carbonyl (C=O) groups excluding carboxylic acids is 1. The van der Waals surface area contributed by atoms with Gasteiger partial charge in [0.25, 0.3) is 0 Å². The summed E-state index contributed by atoms with van der Waals surface area (Å²) in [4.78, 5) is 11.4. The van der Waals surface area contributed by atoms with Crippen molar-refractivity contribution in [1.82, 2.24) is 0 Å². The van der Waals surface area contributed by atoms with Crippen LogP contribution in [-0.2, 0) is 9.53 Å². The van der Waals surface area contributed by atoms with Gasteiger partial charge in [-0.25, -0.2) is 8.78 Å². The highest BCUT2D eigenvalue weighted by atomic mass is 32.1. The van der Waals surface area contributed by atoms with E-state index in [0.717, 1.165) is 11.6 Å². The third-order valence-corrected chi connectivity index (χ3v) is 3.82. The van der Waals surface area contributed by atoms with Crippen LogP contribution in [-0.4, -0.2) is 19.1 Å². The van der Waals surface area contributed by atoms with Gasteiger partial charge < -0.3 is 10.5 Å². The molecule has 0 amide bonds. The van der Waals surface area contributed by atoms with Crippen LogP contribution in [0.1, 0.15) is 17.5 Å². The predicted octanol–water partition coefficient (Wildman–Crippen LogP) is 3.35. The van der Waals surface area contributed by atoms with Crippen LogP contribution < -0.4 is 5.73 Å². The van der Waals surface area contributed by atoms with E-state index in [9.17, 15) is 13.6 Å². The van der Waals surface area contributed by atoms with E-state index in [4.69, 9.17) is 5.73 Å². The molecule has 2 N–H and O–H groups in total. The Balaban J connectivity index is 2.38. The van der Waals surface area contributed by atoms with Gasteiger partial charge >= 0.3 is 5.97 Å². The average molecular weight is 323 g/mol. The van der Waals surface area contributed by atoms with Crippen molar-refractivity contribution in [3.05, 3.63) is 63.9 Å². The van der Waals surface area contributed by atoms with Crippen LogP contribution >= 0.6 is 11.3 Å². The molecule has 0 spiro atoms. The molecule has 2 aromatic rings. The fraction of sp³-hybridized carbons (Fsp3) is 0.188. The second-order valence-corrected chi connectivity index (χ2v) is 5.40. The molecule has 0 aliphatic heterocycles. The Kier molecular flexibility index (Phi) is 5.41. The minimum Gasteiger partial charge on any atom is -0.468 e. The SMILES string of the molecule is COC(=O)C(N)CC=C(c1ccsc1)c1ccc(F)cc1F. The molecule has 1 aromatic carbocycles. The van der Waals surface area contributed by atoms with Gasteiger partial charge in [0.2, 0.25) is 0 Å². The maximum absolute atomic E-state index is 14.0. The summed E-state index contributed by atoms with van der Waals surface area (Å²) in [6, 6.07) is 4.39. The summed E-state index contributed by atoms with van der Waals surface area (Å²) >= 11 is 1.46.